The van der Waals surface area contributed by atoms with Gasteiger partial charge in [-0.2, -0.15) is 13.2 Å². The van der Waals surface area contributed by atoms with E-state index in [-0.39, 0.29) is 19.6 Å². The second kappa shape index (κ2) is 14.0. The van der Waals surface area contributed by atoms with Gasteiger partial charge in [-0.25, -0.2) is 0 Å². The molecule has 2 heterocycles. The number of rotatable bonds is 10. The predicted molar refractivity (Wildman–Crippen MR) is 162 cm³/mol. The predicted octanol–water partition coefficient (Wildman–Crippen LogP) is 6.66. The SMILES string of the molecule is COc1ccc(C/C=C(/[C@H]2O[C@@H]3SC(N(C)C)=N[C@@H]3[C@@H](OCc3ccccc3)[C@@H]2OCc2ccccc2)C(F)(F)F)cc1. The summed E-state index contributed by atoms with van der Waals surface area (Å²) in [7, 11) is 5.24. The molecule has 0 aliphatic carbocycles. The van der Waals surface area contributed by atoms with Gasteiger partial charge in [0.25, 0.3) is 0 Å². The Labute approximate surface area is 254 Å². The molecule has 0 amide bonds. The molecular weight excluding hydrogens is 577 g/mol. The number of hydrogen-bond acceptors (Lipinski definition) is 7. The summed E-state index contributed by atoms with van der Waals surface area (Å²) in [5, 5.41) is 0.668. The fourth-order valence-corrected chi connectivity index (χ4v) is 6.21. The number of alkyl halides is 3. The van der Waals surface area contributed by atoms with Gasteiger partial charge < -0.3 is 23.8 Å². The quantitative estimate of drug-likeness (QED) is 0.239. The van der Waals surface area contributed by atoms with Crippen molar-refractivity contribution >= 4 is 16.9 Å². The third-order valence-electron chi connectivity index (χ3n) is 7.30. The molecule has 0 spiro atoms. The monoisotopic (exact) mass is 612 g/mol. The van der Waals surface area contributed by atoms with Crippen molar-refractivity contribution in [3.05, 3.63) is 113 Å². The lowest BCUT2D eigenvalue weighted by Gasteiger charge is -2.44. The third-order valence-corrected chi connectivity index (χ3v) is 8.61. The largest absolute Gasteiger partial charge is 0.497 e. The number of benzene rings is 3. The highest BCUT2D eigenvalue weighted by Crippen LogP contribution is 2.44. The van der Waals surface area contributed by atoms with E-state index in [0.717, 1.165) is 11.1 Å². The Kier molecular flexibility index (Phi) is 10.1. The van der Waals surface area contributed by atoms with Crippen LogP contribution in [0.4, 0.5) is 13.2 Å². The number of allylic oxidation sites excluding steroid dienone is 1. The average Bonchev–Trinajstić information content (AvgIpc) is 3.44. The van der Waals surface area contributed by atoms with E-state index in [1.54, 1.807) is 31.4 Å². The maximum Gasteiger partial charge on any atom is 0.414 e. The summed E-state index contributed by atoms with van der Waals surface area (Å²) in [5.41, 5.74) is 0.971. The van der Waals surface area contributed by atoms with Crippen molar-refractivity contribution in [1.29, 1.82) is 0 Å². The molecule has 6 nitrogen and oxygen atoms in total. The van der Waals surface area contributed by atoms with Crippen LogP contribution in [0.1, 0.15) is 16.7 Å². The summed E-state index contributed by atoms with van der Waals surface area (Å²) >= 11 is 1.30. The highest BCUT2D eigenvalue weighted by molar-refractivity contribution is 8.14. The Bertz CT molecular complexity index is 1380. The first-order chi connectivity index (χ1) is 20.7. The van der Waals surface area contributed by atoms with E-state index in [1.807, 2.05) is 79.7 Å². The number of thioether (sulfide) groups is 1. The van der Waals surface area contributed by atoms with Gasteiger partial charge in [-0.1, -0.05) is 90.6 Å². The Morgan fingerprint density at radius 3 is 1.98 bits per heavy atom. The van der Waals surface area contributed by atoms with Gasteiger partial charge in [0, 0.05) is 14.1 Å². The number of ether oxygens (including phenoxy) is 4. The van der Waals surface area contributed by atoms with E-state index >= 15 is 0 Å². The number of methoxy groups -OCH3 is 1. The van der Waals surface area contributed by atoms with E-state index < -0.39 is 41.5 Å². The van der Waals surface area contributed by atoms with Crippen LogP contribution in [0, 0.1) is 0 Å². The molecule has 0 bridgehead atoms. The highest BCUT2D eigenvalue weighted by Gasteiger charge is 2.55. The first-order valence-electron chi connectivity index (χ1n) is 14.0. The van der Waals surface area contributed by atoms with Crippen molar-refractivity contribution < 1.29 is 32.1 Å². The molecule has 0 N–H and O–H groups in total. The highest BCUT2D eigenvalue weighted by atomic mass is 32.2. The molecule has 2 aliphatic heterocycles. The summed E-state index contributed by atoms with van der Waals surface area (Å²) < 4.78 is 68.9. The average molecular weight is 613 g/mol. The number of aliphatic imine (C=N–C) groups is 1. The Morgan fingerprint density at radius 2 is 1.44 bits per heavy atom. The molecule has 3 aromatic rings. The van der Waals surface area contributed by atoms with E-state index in [4.69, 9.17) is 23.9 Å². The van der Waals surface area contributed by atoms with Crippen molar-refractivity contribution in [1.82, 2.24) is 4.90 Å². The standard InChI is InChI=1S/C33H35F3N2O4S/c1-38(2)32-37-27-29(40-20-23-10-6-4-7-11-23)30(41-21-24-12-8-5-9-13-24)28(42-31(27)43-32)26(33(34,35)36)19-16-22-14-17-25(39-3)18-15-22/h4-15,17-19,27-31H,16,20-21H2,1-3H3/b26-19-/t27-,28-,29-,30-,31-/m1/s1. The van der Waals surface area contributed by atoms with E-state index in [9.17, 15) is 13.2 Å². The Morgan fingerprint density at radius 1 is 0.860 bits per heavy atom. The summed E-state index contributed by atoms with van der Waals surface area (Å²) in [6.45, 7) is 0.288. The second-order valence-corrected chi connectivity index (χ2v) is 11.6. The molecule has 10 heteroatoms. The molecule has 1 fully saturated rings. The Hall–Kier alpha value is -3.31. The van der Waals surface area contributed by atoms with Crippen LogP contribution in [0.3, 0.4) is 0 Å². The lowest BCUT2D eigenvalue weighted by Crippen LogP contribution is -2.58. The smallest absolute Gasteiger partial charge is 0.414 e. The normalized spacial score (nSPS) is 23.9. The fourth-order valence-electron chi connectivity index (χ4n) is 5.08. The number of hydrogen-bond donors (Lipinski definition) is 0. The second-order valence-electron chi connectivity index (χ2n) is 10.6. The molecule has 43 heavy (non-hydrogen) atoms. The summed E-state index contributed by atoms with van der Waals surface area (Å²) in [6, 6.07) is 25.3. The van der Waals surface area contributed by atoms with Crippen molar-refractivity contribution in [3.8, 4) is 5.75 Å². The van der Waals surface area contributed by atoms with Crippen molar-refractivity contribution in [3.63, 3.8) is 0 Å². The minimum atomic E-state index is -4.67. The topological polar surface area (TPSA) is 52.5 Å². The lowest BCUT2D eigenvalue weighted by molar-refractivity contribution is -0.204. The minimum Gasteiger partial charge on any atom is -0.497 e. The summed E-state index contributed by atoms with van der Waals surface area (Å²) in [5.74, 6) is 0.633. The van der Waals surface area contributed by atoms with E-state index in [1.165, 1.54) is 17.8 Å². The van der Waals surface area contributed by atoms with Gasteiger partial charge in [0.1, 0.15) is 35.5 Å². The molecule has 0 radical (unpaired) electrons. The van der Waals surface area contributed by atoms with Crippen LogP contribution in [0.25, 0.3) is 0 Å². The maximum atomic E-state index is 14.9. The first kappa shape index (κ1) is 31.1. The zero-order valence-corrected chi connectivity index (χ0v) is 25.1. The molecule has 0 unspecified atom stereocenters. The zero-order chi connectivity index (χ0) is 30.4. The third kappa shape index (κ3) is 7.80. The van der Waals surface area contributed by atoms with Gasteiger partial charge in [0.05, 0.1) is 25.9 Å². The molecule has 0 aromatic heterocycles. The molecule has 5 atom stereocenters. The van der Waals surface area contributed by atoms with Crippen LogP contribution in [-0.4, -0.2) is 67.2 Å². The summed E-state index contributed by atoms with van der Waals surface area (Å²) in [4.78, 5) is 6.67. The molecule has 228 valence electrons. The first-order valence-corrected chi connectivity index (χ1v) is 14.9. The summed E-state index contributed by atoms with van der Waals surface area (Å²) in [6.07, 6.45) is -6.73. The number of amidine groups is 1. The van der Waals surface area contributed by atoms with Crippen molar-refractivity contribution in [2.45, 2.75) is 55.6 Å². The van der Waals surface area contributed by atoms with Gasteiger partial charge in [0.2, 0.25) is 0 Å². The van der Waals surface area contributed by atoms with Crippen LogP contribution in [-0.2, 0) is 33.8 Å². The van der Waals surface area contributed by atoms with Crippen LogP contribution < -0.4 is 4.74 Å². The van der Waals surface area contributed by atoms with Gasteiger partial charge >= 0.3 is 6.18 Å². The number of halogens is 3. The van der Waals surface area contributed by atoms with Gasteiger partial charge in [-0.15, -0.1) is 0 Å². The molecule has 1 saturated heterocycles. The molecule has 0 saturated carbocycles. The van der Waals surface area contributed by atoms with Gasteiger partial charge in [-0.3, -0.25) is 4.99 Å². The van der Waals surface area contributed by atoms with Crippen molar-refractivity contribution in [2.24, 2.45) is 4.99 Å². The van der Waals surface area contributed by atoms with Crippen molar-refractivity contribution in [2.75, 3.05) is 21.2 Å². The lowest BCUT2D eigenvalue weighted by atomic mass is 9.91. The Balaban J connectivity index is 1.52. The maximum absolute atomic E-state index is 14.9. The van der Waals surface area contributed by atoms with Crippen LogP contribution in [0.5, 0.6) is 5.75 Å². The molecule has 3 aromatic carbocycles. The van der Waals surface area contributed by atoms with Crippen LogP contribution in [0.2, 0.25) is 0 Å². The van der Waals surface area contributed by atoms with Crippen LogP contribution >= 0.6 is 11.8 Å². The fraction of sp³-hybridized carbons (Fsp3) is 0.364. The van der Waals surface area contributed by atoms with E-state index in [2.05, 4.69) is 0 Å². The van der Waals surface area contributed by atoms with E-state index in [0.29, 0.717) is 16.5 Å². The molecule has 2 aliphatic rings. The molecule has 5 rings (SSSR count). The zero-order valence-electron chi connectivity index (χ0n) is 24.2. The minimum absolute atomic E-state index is 0.0559. The number of nitrogens with zero attached hydrogens (tertiary/aromatic N) is 2. The van der Waals surface area contributed by atoms with Gasteiger partial charge in [0.15, 0.2) is 5.17 Å². The molecular formula is C33H35F3N2O4S. The van der Waals surface area contributed by atoms with Crippen LogP contribution in [0.15, 0.2) is 102 Å². The van der Waals surface area contributed by atoms with Gasteiger partial charge in [-0.05, 0) is 35.2 Å². The number of fused-ring (bicyclic) bond motifs is 1.